The largest absolute Gasteiger partial charge is 0.379 e. The average molecular weight is 423 g/mol. The van der Waals surface area contributed by atoms with Crippen LogP contribution in [0.5, 0.6) is 0 Å². The minimum absolute atomic E-state index is 0.120. The Balaban J connectivity index is 1.84. The molecular weight excluding hydrogens is 399 g/mol. The molecule has 1 amide bonds. The number of nitrogens with zero attached hydrogens (tertiary/aromatic N) is 3. The Bertz CT molecular complexity index is 846. The second-order valence-electron chi connectivity index (χ2n) is 6.85. The second kappa shape index (κ2) is 9.18. The van der Waals surface area contributed by atoms with E-state index in [1.54, 1.807) is 12.1 Å². The summed E-state index contributed by atoms with van der Waals surface area (Å²) in [4.78, 5) is 24.1. The number of rotatable bonds is 5. The van der Waals surface area contributed by atoms with Crippen molar-refractivity contribution in [3.63, 3.8) is 0 Å². The van der Waals surface area contributed by atoms with Gasteiger partial charge in [-0.3, -0.25) is 9.69 Å². The summed E-state index contributed by atoms with van der Waals surface area (Å²) in [7, 11) is 0. The van der Waals surface area contributed by atoms with E-state index < -0.39 is 6.04 Å². The van der Waals surface area contributed by atoms with E-state index in [-0.39, 0.29) is 5.91 Å². The van der Waals surface area contributed by atoms with E-state index in [2.05, 4.69) is 20.2 Å². The molecule has 2 aromatic rings. The molecule has 0 saturated carbocycles. The van der Waals surface area contributed by atoms with Crippen LogP contribution in [0.4, 0.5) is 0 Å². The van der Waals surface area contributed by atoms with Gasteiger partial charge in [0.2, 0.25) is 5.91 Å². The number of nitrogens with one attached hydrogen (secondary N) is 1. The molecule has 1 atom stereocenters. The van der Waals surface area contributed by atoms with Gasteiger partial charge in [0.25, 0.3) is 0 Å². The molecule has 1 N–H and O–H groups in total. The van der Waals surface area contributed by atoms with Gasteiger partial charge >= 0.3 is 0 Å². The minimum Gasteiger partial charge on any atom is -0.379 e. The molecule has 1 fully saturated rings. The van der Waals surface area contributed by atoms with Gasteiger partial charge in [-0.15, -0.1) is 0 Å². The van der Waals surface area contributed by atoms with Crippen LogP contribution in [0.15, 0.2) is 18.2 Å². The Morgan fingerprint density at radius 3 is 2.43 bits per heavy atom. The topological polar surface area (TPSA) is 67.4 Å². The van der Waals surface area contributed by atoms with Crippen molar-refractivity contribution in [2.75, 3.05) is 26.3 Å². The molecular formula is C20H24Cl2N4O2. The monoisotopic (exact) mass is 422 g/mol. The van der Waals surface area contributed by atoms with Gasteiger partial charge in [0.15, 0.2) is 0 Å². The lowest BCUT2D eigenvalue weighted by Gasteiger charge is -2.34. The number of benzene rings is 1. The van der Waals surface area contributed by atoms with Gasteiger partial charge in [-0.05, 0) is 38.5 Å². The van der Waals surface area contributed by atoms with E-state index in [1.165, 1.54) is 0 Å². The normalized spacial score (nSPS) is 16.0. The Labute approximate surface area is 175 Å². The number of morpholine rings is 1. The standard InChI is InChI=1S/C20H24Cl2N4O2/c1-12-17(13(2)25-14(3)24-12)11-23-20(27)19(26-6-8-28-9-7-26)16-5-4-15(21)10-18(16)22/h4-5,10,19H,6-9,11H2,1-3H3,(H,23,27)/t19-/m1/s1. The van der Waals surface area contributed by atoms with E-state index in [1.807, 2.05) is 26.8 Å². The SMILES string of the molecule is Cc1nc(C)c(CNC(=O)[C@@H](c2ccc(Cl)cc2Cl)N2CCOCC2)c(C)n1. The Morgan fingerprint density at radius 1 is 1.18 bits per heavy atom. The number of hydrogen-bond donors (Lipinski definition) is 1. The van der Waals surface area contributed by atoms with Crippen LogP contribution in [0.1, 0.15) is 34.4 Å². The van der Waals surface area contributed by atoms with Crippen molar-refractivity contribution in [2.24, 2.45) is 0 Å². The molecule has 1 aliphatic heterocycles. The lowest BCUT2D eigenvalue weighted by atomic mass is 10.0. The summed E-state index contributed by atoms with van der Waals surface area (Å²) in [5.74, 6) is 0.606. The lowest BCUT2D eigenvalue weighted by molar-refractivity contribution is -0.128. The molecule has 0 radical (unpaired) electrons. The van der Waals surface area contributed by atoms with Crippen molar-refractivity contribution in [1.29, 1.82) is 0 Å². The highest BCUT2D eigenvalue weighted by atomic mass is 35.5. The van der Waals surface area contributed by atoms with Gasteiger partial charge < -0.3 is 10.1 Å². The summed E-state index contributed by atoms with van der Waals surface area (Å²) < 4.78 is 5.44. The Morgan fingerprint density at radius 2 is 1.82 bits per heavy atom. The second-order valence-corrected chi connectivity index (χ2v) is 7.70. The van der Waals surface area contributed by atoms with Gasteiger partial charge in [0, 0.05) is 46.6 Å². The average Bonchev–Trinajstić information content (AvgIpc) is 2.64. The lowest BCUT2D eigenvalue weighted by Crippen LogP contribution is -2.45. The van der Waals surface area contributed by atoms with Crippen LogP contribution < -0.4 is 5.32 Å². The van der Waals surface area contributed by atoms with Crippen LogP contribution in [0.2, 0.25) is 10.0 Å². The number of halogens is 2. The molecule has 1 aliphatic rings. The number of amides is 1. The quantitative estimate of drug-likeness (QED) is 0.799. The van der Waals surface area contributed by atoms with Crippen molar-refractivity contribution in [3.05, 3.63) is 56.6 Å². The highest BCUT2D eigenvalue weighted by molar-refractivity contribution is 6.35. The van der Waals surface area contributed by atoms with E-state index >= 15 is 0 Å². The third-order valence-electron chi connectivity index (χ3n) is 4.89. The number of hydrogen-bond acceptors (Lipinski definition) is 5. The summed E-state index contributed by atoms with van der Waals surface area (Å²) in [5, 5.41) is 4.06. The molecule has 6 nitrogen and oxygen atoms in total. The molecule has 0 aliphatic carbocycles. The zero-order valence-corrected chi connectivity index (χ0v) is 17.8. The molecule has 150 valence electrons. The van der Waals surface area contributed by atoms with Crippen molar-refractivity contribution in [2.45, 2.75) is 33.4 Å². The van der Waals surface area contributed by atoms with E-state index in [0.29, 0.717) is 42.9 Å². The zero-order valence-electron chi connectivity index (χ0n) is 16.3. The van der Waals surface area contributed by atoms with Gasteiger partial charge in [0.05, 0.1) is 13.2 Å². The van der Waals surface area contributed by atoms with Crippen molar-refractivity contribution in [1.82, 2.24) is 20.2 Å². The molecule has 1 aromatic carbocycles. The first-order valence-corrected chi connectivity index (χ1v) is 9.97. The first kappa shape index (κ1) is 21.0. The molecule has 8 heteroatoms. The van der Waals surface area contributed by atoms with Crippen LogP contribution in [0.25, 0.3) is 0 Å². The molecule has 0 spiro atoms. The fraction of sp³-hybridized carbons (Fsp3) is 0.450. The zero-order chi connectivity index (χ0) is 20.3. The molecule has 1 saturated heterocycles. The van der Waals surface area contributed by atoms with Crippen molar-refractivity contribution < 1.29 is 9.53 Å². The Kier molecular flexibility index (Phi) is 6.88. The molecule has 0 unspecified atom stereocenters. The summed E-state index contributed by atoms with van der Waals surface area (Å²) in [6.45, 7) is 8.56. The maximum atomic E-state index is 13.2. The highest BCUT2D eigenvalue weighted by Crippen LogP contribution is 2.31. The Hall–Kier alpha value is -1.73. The third-order valence-corrected chi connectivity index (χ3v) is 5.45. The fourth-order valence-electron chi connectivity index (χ4n) is 3.50. The van der Waals surface area contributed by atoms with Gasteiger partial charge in [-0.2, -0.15) is 0 Å². The smallest absolute Gasteiger partial charge is 0.242 e. The van der Waals surface area contributed by atoms with Crippen molar-refractivity contribution in [3.8, 4) is 0 Å². The predicted molar refractivity (Wildman–Crippen MR) is 110 cm³/mol. The summed E-state index contributed by atoms with van der Waals surface area (Å²) >= 11 is 12.5. The van der Waals surface area contributed by atoms with E-state index in [0.717, 1.165) is 28.3 Å². The van der Waals surface area contributed by atoms with Crippen LogP contribution in [0.3, 0.4) is 0 Å². The van der Waals surface area contributed by atoms with Gasteiger partial charge in [-0.25, -0.2) is 9.97 Å². The molecule has 3 rings (SSSR count). The predicted octanol–water partition coefficient (Wildman–Crippen LogP) is 3.40. The van der Waals surface area contributed by atoms with Crippen LogP contribution in [-0.4, -0.2) is 47.1 Å². The van der Waals surface area contributed by atoms with Crippen LogP contribution >= 0.6 is 23.2 Å². The minimum atomic E-state index is -0.513. The van der Waals surface area contributed by atoms with Crippen molar-refractivity contribution >= 4 is 29.1 Å². The number of aryl methyl sites for hydroxylation is 3. The fourth-order valence-corrected chi connectivity index (χ4v) is 4.01. The van der Waals surface area contributed by atoms with Crippen LogP contribution in [-0.2, 0) is 16.1 Å². The van der Waals surface area contributed by atoms with E-state index in [9.17, 15) is 4.79 Å². The summed E-state index contributed by atoms with van der Waals surface area (Å²) in [5.41, 5.74) is 3.41. The highest BCUT2D eigenvalue weighted by Gasteiger charge is 2.30. The van der Waals surface area contributed by atoms with Crippen LogP contribution in [0, 0.1) is 20.8 Å². The maximum absolute atomic E-state index is 13.2. The number of aromatic nitrogens is 2. The number of carbonyl (C=O) groups is 1. The first-order chi connectivity index (χ1) is 13.4. The molecule has 2 heterocycles. The summed E-state index contributed by atoms with van der Waals surface area (Å²) in [6.07, 6.45) is 0. The molecule has 1 aromatic heterocycles. The first-order valence-electron chi connectivity index (χ1n) is 9.22. The number of ether oxygens (including phenoxy) is 1. The maximum Gasteiger partial charge on any atom is 0.242 e. The third kappa shape index (κ3) is 4.81. The van der Waals surface area contributed by atoms with E-state index in [4.69, 9.17) is 27.9 Å². The number of carbonyl (C=O) groups excluding carboxylic acids is 1. The van der Waals surface area contributed by atoms with Gasteiger partial charge in [-0.1, -0.05) is 29.3 Å². The summed E-state index contributed by atoms with van der Waals surface area (Å²) in [6, 6.07) is 4.73. The molecule has 0 bridgehead atoms. The molecule has 28 heavy (non-hydrogen) atoms. The van der Waals surface area contributed by atoms with Gasteiger partial charge in [0.1, 0.15) is 11.9 Å².